The summed E-state index contributed by atoms with van der Waals surface area (Å²) in [7, 11) is 2.19. The van der Waals surface area contributed by atoms with Crippen molar-refractivity contribution in [2.75, 3.05) is 46.4 Å². The third kappa shape index (κ3) is 5.17. The first-order valence-corrected chi connectivity index (χ1v) is 15.3. The van der Waals surface area contributed by atoms with E-state index < -0.39 is 0 Å². The largest absolute Gasteiger partial charge is 0.465 e. The van der Waals surface area contributed by atoms with Gasteiger partial charge in [-0.3, -0.25) is 14.6 Å². The van der Waals surface area contributed by atoms with Gasteiger partial charge in [0.25, 0.3) is 0 Å². The van der Waals surface area contributed by atoms with Crippen molar-refractivity contribution in [3.63, 3.8) is 0 Å². The normalized spacial score (nSPS) is 24.2. The molecule has 1 atom stereocenters. The van der Waals surface area contributed by atoms with Crippen molar-refractivity contribution in [3.8, 4) is 11.3 Å². The van der Waals surface area contributed by atoms with E-state index in [-0.39, 0.29) is 12.1 Å². The Balaban J connectivity index is 1.08. The number of piperazine rings is 1. The van der Waals surface area contributed by atoms with Gasteiger partial charge in [0.2, 0.25) is 0 Å². The molecule has 1 unspecified atom stereocenters. The van der Waals surface area contributed by atoms with Crippen molar-refractivity contribution in [2.24, 2.45) is 16.6 Å². The molecule has 0 radical (unpaired) electrons. The van der Waals surface area contributed by atoms with Crippen LogP contribution < -0.4 is 5.73 Å². The molecule has 0 spiro atoms. The molecule has 1 aromatic heterocycles. The Morgan fingerprint density at radius 1 is 0.977 bits per heavy atom. The number of aliphatic imine (C=N–C) groups is 1. The number of hydrogen-bond acceptors (Lipinski definition) is 9. The Hall–Kier alpha value is -4.21. The monoisotopic (exact) mass is 577 g/mol. The molecule has 4 heterocycles. The summed E-state index contributed by atoms with van der Waals surface area (Å²) < 4.78 is 5.13. The first-order chi connectivity index (χ1) is 21.0. The molecule has 3 aromatic rings. The van der Waals surface area contributed by atoms with E-state index in [2.05, 4.69) is 80.3 Å². The summed E-state index contributed by atoms with van der Waals surface area (Å²) in [6, 6.07) is 21.6. The number of ether oxygens (including phenoxy) is 1. The van der Waals surface area contributed by atoms with Crippen LogP contribution in [0.4, 0.5) is 0 Å². The molecular weight excluding hydrogens is 538 g/mol. The van der Waals surface area contributed by atoms with Crippen molar-refractivity contribution in [1.29, 1.82) is 0 Å². The molecular formula is C34H39N7O2. The van der Waals surface area contributed by atoms with E-state index in [9.17, 15) is 4.79 Å². The van der Waals surface area contributed by atoms with Gasteiger partial charge in [-0.15, -0.1) is 0 Å². The van der Waals surface area contributed by atoms with E-state index in [0.717, 1.165) is 78.1 Å². The molecule has 4 aliphatic rings. The first kappa shape index (κ1) is 27.6. The van der Waals surface area contributed by atoms with Crippen LogP contribution in [-0.4, -0.2) is 95.0 Å². The van der Waals surface area contributed by atoms with E-state index in [1.54, 1.807) is 0 Å². The molecule has 0 amide bonds. The van der Waals surface area contributed by atoms with E-state index in [0.29, 0.717) is 30.9 Å². The fraction of sp³-hybridized carbons (Fsp3) is 0.382. The van der Waals surface area contributed by atoms with Crippen molar-refractivity contribution in [3.05, 3.63) is 84.3 Å². The van der Waals surface area contributed by atoms with E-state index >= 15 is 0 Å². The maximum atomic E-state index is 11.9. The van der Waals surface area contributed by atoms with Crippen LogP contribution in [0.25, 0.3) is 27.9 Å². The second kappa shape index (κ2) is 11.5. The van der Waals surface area contributed by atoms with Crippen molar-refractivity contribution >= 4 is 28.4 Å². The molecule has 2 N–H and O–H groups in total. The van der Waals surface area contributed by atoms with Gasteiger partial charge in [-0.25, -0.2) is 9.98 Å². The Labute approximate surface area is 252 Å². The average Bonchev–Trinajstić information content (AvgIpc) is 3.30. The molecule has 2 aromatic carbocycles. The van der Waals surface area contributed by atoms with E-state index in [4.69, 9.17) is 15.5 Å². The number of rotatable bonds is 7. The van der Waals surface area contributed by atoms with Gasteiger partial charge in [-0.1, -0.05) is 48.5 Å². The predicted molar refractivity (Wildman–Crippen MR) is 169 cm³/mol. The minimum Gasteiger partial charge on any atom is -0.465 e. The molecule has 43 heavy (non-hydrogen) atoms. The number of carbonyl (C=O) groups is 1. The molecule has 1 saturated carbocycles. The minimum atomic E-state index is -0.126. The molecule has 222 valence electrons. The second-order valence-electron chi connectivity index (χ2n) is 11.9. The summed E-state index contributed by atoms with van der Waals surface area (Å²) in [5.74, 6) is 0.921. The summed E-state index contributed by atoms with van der Waals surface area (Å²) in [4.78, 5) is 31.0. The summed E-state index contributed by atoms with van der Waals surface area (Å²) in [5, 5.41) is 1.11. The fourth-order valence-electron chi connectivity index (χ4n) is 7.17. The molecule has 1 aliphatic carbocycles. The molecule has 7 rings (SSSR count). The van der Waals surface area contributed by atoms with Gasteiger partial charge in [0.1, 0.15) is 17.7 Å². The van der Waals surface area contributed by atoms with Crippen LogP contribution in [0.1, 0.15) is 25.3 Å². The maximum absolute atomic E-state index is 11.9. The molecule has 0 bridgehead atoms. The van der Waals surface area contributed by atoms with Crippen LogP contribution in [0.15, 0.2) is 83.8 Å². The van der Waals surface area contributed by atoms with Gasteiger partial charge in [-0.05, 0) is 31.9 Å². The lowest BCUT2D eigenvalue weighted by Crippen LogP contribution is -2.58. The molecule has 3 aliphatic heterocycles. The molecule has 9 nitrogen and oxygen atoms in total. The van der Waals surface area contributed by atoms with E-state index in [1.165, 1.54) is 0 Å². The van der Waals surface area contributed by atoms with Crippen molar-refractivity contribution < 1.29 is 9.53 Å². The van der Waals surface area contributed by atoms with Gasteiger partial charge in [0, 0.05) is 74.1 Å². The highest BCUT2D eigenvalue weighted by molar-refractivity contribution is 6.05. The Morgan fingerprint density at radius 2 is 1.74 bits per heavy atom. The second-order valence-corrected chi connectivity index (χ2v) is 11.9. The highest BCUT2D eigenvalue weighted by Gasteiger charge is 2.48. The lowest BCUT2D eigenvalue weighted by molar-refractivity contribution is -0.145. The van der Waals surface area contributed by atoms with Crippen LogP contribution >= 0.6 is 0 Å². The third-order valence-corrected chi connectivity index (χ3v) is 9.39. The number of esters is 1. The average molecular weight is 578 g/mol. The van der Waals surface area contributed by atoms with Gasteiger partial charge in [-0.2, -0.15) is 0 Å². The van der Waals surface area contributed by atoms with Gasteiger partial charge in [0.05, 0.1) is 30.1 Å². The Morgan fingerprint density at radius 3 is 2.51 bits per heavy atom. The quantitative estimate of drug-likeness (QED) is 0.423. The number of nitrogens with two attached hydrogens (primary N) is 1. The number of fused-ring (bicyclic) bond motifs is 2. The number of carbonyl (C=O) groups excluding carboxylic acids is 1. The minimum absolute atomic E-state index is 0.126. The Bertz CT molecular complexity index is 1600. The lowest BCUT2D eigenvalue weighted by Gasteiger charge is -2.50. The van der Waals surface area contributed by atoms with Crippen molar-refractivity contribution in [1.82, 2.24) is 24.6 Å². The van der Waals surface area contributed by atoms with Gasteiger partial charge in [0.15, 0.2) is 0 Å². The number of aromatic nitrogens is 1. The van der Waals surface area contributed by atoms with Gasteiger partial charge < -0.3 is 20.3 Å². The topological polar surface area (TPSA) is 90.5 Å². The zero-order valence-electron chi connectivity index (χ0n) is 24.9. The maximum Gasteiger partial charge on any atom is 0.320 e. The van der Waals surface area contributed by atoms with Crippen LogP contribution in [0.3, 0.4) is 0 Å². The smallest absolute Gasteiger partial charge is 0.320 e. The van der Waals surface area contributed by atoms with Gasteiger partial charge >= 0.3 is 5.97 Å². The Kier molecular flexibility index (Phi) is 7.36. The molecule has 2 fully saturated rings. The van der Waals surface area contributed by atoms with Crippen LogP contribution in [-0.2, 0) is 9.53 Å². The van der Waals surface area contributed by atoms with Crippen LogP contribution in [0.5, 0.6) is 0 Å². The number of pyridine rings is 1. The van der Waals surface area contributed by atoms with Crippen LogP contribution in [0, 0.1) is 5.92 Å². The van der Waals surface area contributed by atoms with Crippen molar-refractivity contribution in [2.45, 2.75) is 32.0 Å². The molecule has 1 saturated heterocycles. The number of amidine groups is 1. The highest BCUT2D eigenvalue weighted by Crippen LogP contribution is 2.46. The SMILES string of the molecule is CCOC(=O)CN1CCN([C@H]2C[C@@H](C3N(C)C(c4ccc5ccc(-c6ccccc6)nc5c4)=C4C(N)=NC=CN43)C2)CC1. The number of hydrogen-bond donors (Lipinski definition) is 1. The van der Waals surface area contributed by atoms with Crippen LogP contribution in [0.2, 0.25) is 0 Å². The standard InChI is InChI=1S/C34H39N7O2/c1-3-43-30(42)22-39-15-17-40(18-16-39)27-19-26(20-27)34-38(2)31(32-33(35)36-13-14-41(32)34)25-10-9-24-11-12-28(37-29(24)21-25)23-7-5-4-6-8-23/h4-14,21,26-27,34H,3,15-20,22H2,1-2H3,(H2,35,36)/t26-,27+,34?. The summed E-state index contributed by atoms with van der Waals surface area (Å²) in [5.41, 5.74) is 12.8. The summed E-state index contributed by atoms with van der Waals surface area (Å²) in [6.07, 6.45) is 6.34. The zero-order valence-corrected chi connectivity index (χ0v) is 24.9. The number of benzene rings is 2. The van der Waals surface area contributed by atoms with E-state index in [1.807, 2.05) is 31.3 Å². The lowest BCUT2D eigenvalue weighted by atomic mass is 9.76. The summed E-state index contributed by atoms with van der Waals surface area (Å²) >= 11 is 0. The zero-order chi connectivity index (χ0) is 29.5. The first-order valence-electron chi connectivity index (χ1n) is 15.3. The third-order valence-electron chi connectivity index (χ3n) is 9.39. The fourth-order valence-corrected chi connectivity index (χ4v) is 7.17. The highest BCUT2D eigenvalue weighted by atomic mass is 16.5. The summed E-state index contributed by atoms with van der Waals surface area (Å²) in [6.45, 7) is 6.47. The number of nitrogens with zero attached hydrogens (tertiary/aromatic N) is 6. The molecule has 9 heteroatoms. The predicted octanol–water partition coefficient (Wildman–Crippen LogP) is 3.95.